The van der Waals surface area contributed by atoms with Crippen molar-refractivity contribution in [3.8, 4) is 10.4 Å². The summed E-state index contributed by atoms with van der Waals surface area (Å²) in [4.78, 5) is 14.9. The number of sulfone groups is 1. The van der Waals surface area contributed by atoms with Crippen molar-refractivity contribution in [2.24, 2.45) is 11.8 Å². The zero-order chi connectivity index (χ0) is 31.6. The van der Waals surface area contributed by atoms with Gasteiger partial charge in [-0.3, -0.25) is 4.79 Å². The number of anilines is 2. The highest BCUT2D eigenvalue weighted by atomic mass is 32.2. The highest BCUT2D eigenvalue weighted by Crippen LogP contribution is 2.47. The Balaban J connectivity index is 1.59. The average Bonchev–Trinajstić information content (AvgIpc) is 3.40. The van der Waals surface area contributed by atoms with Gasteiger partial charge in [0, 0.05) is 28.6 Å². The van der Waals surface area contributed by atoms with Crippen LogP contribution in [0.15, 0.2) is 53.4 Å². The maximum atomic E-state index is 16.2. The normalized spacial score (nSPS) is 20.5. The van der Waals surface area contributed by atoms with Gasteiger partial charge in [0.2, 0.25) is 0 Å². The quantitative estimate of drug-likeness (QED) is 0.143. The summed E-state index contributed by atoms with van der Waals surface area (Å²) in [5.41, 5.74) is 1.72. The van der Waals surface area contributed by atoms with Crippen LogP contribution in [-0.4, -0.2) is 42.5 Å². The van der Waals surface area contributed by atoms with E-state index in [-0.39, 0.29) is 52.7 Å². The van der Waals surface area contributed by atoms with Crippen LogP contribution in [0.4, 0.5) is 15.8 Å². The van der Waals surface area contributed by atoms with E-state index in [1.54, 1.807) is 13.0 Å². The third kappa shape index (κ3) is 6.88. The molecule has 7 nitrogen and oxygen atoms in total. The molecule has 0 amide bonds. The lowest BCUT2D eigenvalue weighted by Gasteiger charge is -2.40. The van der Waals surface area contributed by atoms with Crippen molar-refractivity contribution in [2.45, 2.75) is 94.6 Å². The predicted octanol–water partition coefficient (Wildman–Crippen LogP) is 7.32. The second-order valence-electron chi connectivity index (χ2n) is 12.5. The molecule has 10 heteroatoms. The van der Waals surface area contributed by atoms with Crippen molar-refractivity contribution in [1.29, 1.82) is 0 Å². The molecule has 1 fully saturated rings. The monoisotopic (exact) mass is 643 g/mol. The standard InChI is InChI=1S/C34H42FNO6S2/c1-21(2)20-42-32(37)15-14-24-17-30(43-33(24)34(38)39)26-18-31-29(19-27(26)35)36(25-12-8-5-9-13-25)28(16-22(3)44(31,40)41)23-10-6-4-7-11-23/h5,8-9,12-13,17-19,21-23,28,34,38-39H,4,6-7,10-11,14-16,20H2,1-3H3. The maximum Gasteiger partial charge on any atom is 0.306 e. The number of fused-ring (bicyclic) bond motifs is 1. The third-order valence-electron chi connectivity index (χ3n) is 8.80. The molecule has 2 heterocycles. The first-order valence-electron chi connectivity index (χ1n) is 15.5. The molecule has 2 unspecified atom stereocenters. The highest BCUT2D eigenvalue weighted by molar-refractivity contribution is 7.92. The molecule has 3 aromatic rings. The molecule has 1 aromatic heterocycles. The number of aliphatic hydroxyl groups excluding tert-OH is 1. The molecular formula is C34H42FNO6S2. The Hall–Kier alpha value is -2.79. The number of hydrogen-bond donors (Lipinski definition) is 2. The van der Waals surface area contributed by atoms with Gasteiger partial charge in [-0.25, -0.2) is 12.8 Å². The largest absolute Gasteiger partial charge is 0.465 e. The number of nitrogens with zero attached hydrogens (tertiary/aromatic N) is 1. The number of thiophene rings is 1. The summed E-state index contributed by atoms with van der Waals surface area (Å²) in [6.45, 7) is 5.90. The van der Waals surface area contributed by atoms with Crippen LogP contribution < -0.4 is 4.90 Å². The summed E-state index contributed by atoms with van der Waals surface area (Å²) < 4.78 is 49.7. The van der Waals surface area contributed by atoms with E-state index in [0.717, 1.165) is 42.7 Å². The first-order chi connectivity index (χ1) is 21.0. The van der Waals surface area contributed by atoms with Gasteiger partial charge in [-0.05, 0) is 80.3 Å². The lowest BCUT2D eigenvalue weighted by atomic mass is 9.81. The third-order valence-corrected chi connectivity index (χ3v) is 12.2. The van der Waals surface area contributed by atoms with Crippen molar-refractivity contribution in [2.75, 3.05) is 11.5 Å². The Morgan fingerprint density at radius 2 is 1.80 bits per heavy atom. The molecule has 0 saturated heterocycles. The van der Waals surface area contributed by atoms with Gasteiger partial charge >= 0.3 is 5.97 Å². The summed E-state index contributed by atoms with van der Waals surface area (Å²) in [6, 6.07) is 13.9. The lowest BCUT2D eigenvalue weighted by Crippen LogP contribution is -2.40. The summed E-state index contributed by atoms with van der Waals surface area (Å²) in [6.07, 6.45) is 4.18. The molecule has 0 radical (unpaired) electrons. The molecule has 1 aliphatic heterocycles. The van der Waals surface area contributed by atoms with E-state index in [9.17, 15) is 23.4 Å². The SMILES string of the molecule is CC(C)COC(=O)CCc1cc(-c2cc3c(cc2F)N(c2ccccc2)C(C2CCCCC2)CC(C)S3(=O)=O)sc1C(O)O. The minimum absolute atomic E-state index is 0.0236. The summed E-state index contributed by atoms with van der Waals surface area (Å²) >= 11 is 0.981. The maximum absolute atomic E-state index is 16.2. The lowest BCUT2D eigenvalue weighted by molar-refractivity contribution is -0.144. The fourth-order valence-electron chi connectivity index (χ4n) is 6.51. The van der Waals surface area contributed by atoms with Gasteiger partial charge in [0.05, 0.1) is 27.3 Å². The van der Waals surface area contributed by atoms with Crippen LogP contribution in [0, 0.1) is 17.7 Å². The van der Waals surface area contributed by atoms with E-state index < -0.39 is 33.2 Å². The minimum Gasteiger partial charge on any atom is -0.465 e. The number of rotatable bonds is 9. The van der Waals surface area contributed by atoms with Gasteiger partial charge in [0.25, 0.3) is 0 Å². The van der Waals surface area contributed by atoms with E-state index in [0.29, 0.717) is 22.5 Å². The molecular weight excluding hydrogens is 602 g/mol. The van der Waals surface area contributed by atoms with Crippen LogP contribution in [0.2, 0.25) is 0 Å². The summed E-state index contributed by atoms with van der Waals surface area (Å²) in [5, 5.41) is 19.5. The van der Waals surface area contributed by atoms with Gasteiger partial charge in [-0.1, -0.05) is 51.3 Å². The number of esters is 1. The number of aliphatic hydroxyl groups is 2. The topological polar surface area (TPSA) is 104 Å². The first kappa shape index (κ1) is 32.6. The Morgan fingerprint density at radius 3 is 2.45 bits per heavy atom. The van der Waals surface area contributed by atoms with Crippen molar-refractivity contribution in [3.05, 3.63) is 64.8 Å². The second kappa shape index (κ2) is 13.7. The van der Waals surface area contributed by atoms with Crippen molar-refractivity contribution < 1.29 is 32.6 Å². The smallest absolute Gasteiger partial charge is 0.306 e. The highest BCUT2D eigenvalue weighted by Gasteiger charge is 2.41. The van der Waals surface area contributed by atoms with Crippen molar-refractivity contribution in [3.63, 3.8) is 0 Å². The number of aryl methyl sites for hydroxylation is 1. The van der Waals surface area contributed by atoms with E-state index in [1.807, 2.05) is 49.1 Å². The Kier molecular flexibility index (Phi) is 10.1. The zero-order valence-corrected chi connectivity index (χ0v) is 27.2. The molecule has 0 bridgehead atoms. The molecule has 2 aliphatic rings. The van der Waals surface area contributed by atoms with Gasteiger partial charge in [-0.2, -0.15) is 0 Å². The average molecular weight is 644 g/mol. The van der Waals surface area contributed by atoms with Crippen LogP contribution in [-0.2, 0) is 25.8 Å². The van der Waals surface area contributed by atoms with Crippen LogP contribution in [0.5, 0.6) is 0 Å². The molecule has 2 N–H and O–H groups in total. The Morgan fingerprint density at radius 1 is 1.09 bits per heavy atom. The predicted molar refractivity (Wildman–Crippen MR) is 171 cm³/mol. The molecule has 5 rings (SSSR count). The minimum atomic E-state index is -3.84. The van der Waals surface area contributed by atoms with Gasteiger partial charge < -0.3 is 19.8 Å². The number of ether oxygens (including phenoxy) is 1. The Bertz CT molecular complexity index is 1560. The fourth-order valence-corrected chi connectivity index (χ4v) is 9.23. The van der Waals surface area contributed by atoms with Crippen molar-refractivity contribution in [1.82, 2.24) is 0 Å². The number of benzene rings is 2. The molecule has 0 spiro atoms. The molecule has 2 aromatic carbocycles. The van der Waals surface area contributed by atoms with Crippen LogP contribution >= 0.6 is 11.3 Å². The Labute approximate surface area is 263 Å². The fraction of sp³-hybridized carbons (Fsp3) is 0.500. The number of para-hydroxylation sites is 1. The molecule has 1 aliphatic carbocycles. The molecule has 1 saturated carbocycles. The molecule has 2 atom stereocenters. The van der Waals surface area contributed by atoms with Gasteiger partial charge in [-0.15, -0.1) is 11.3 Å². The molecule has 44 heavy (non-hydrogen) atoms. The number of carbonyl (C=O) groups is 1. The summed E-state index contributed by atoms with van der Waals surface area (Å²) in [7, 11) is -3.84. The number of halogens is 1. The molecule has 238 valence electrons. The van der Waals surface area contributed by atoms with E-state index >= 15 is 4.39 Å². The van der Waals surface area contributed by atoms with Crippen LogP contribution in [0.3, 0.4) is 0 Å². The van der Waals surface area contributed by atoms with Crippen LogP contribution in [0.1, 0.15) is 82.4 Å². The number of hydrogen-bond acceptors (Lipinski definition) is 8. The second-order valence-corrected chi connectivity index (χ2v) is 15.9. The van der Waals surface area contributed by atoms with Gasteiger partial charge in [0.15, 0.2) is 16.1 Å². The summed E-state index contributed by atoms with van der Waals surface area (Å²) in [5.74, 6) is -0.530. The van der Waals surface area contributed by atoms with E-state index in [1.165, 1.54) is 18.6 Å². The van der Waals surface area contributed by atoms with Crippen LogP contribution in [0.25, 0.3) is 10.4 Å². The van der Waals surface area contributed by atoms with E-state index in [2.05, 4.69) is 0 Å². The van der Waals surface area contributed by atoms with Crippen molar-refractivity contribution >= 4 is 38.5 Å². The number of carbonyl (C=O) groups excluding carboxylic acids is 1. The first-order valence-corrected chi connectivity index (χ1v) is 17.9. The van der Waals surface area contributed by atoms with E-state index in [4.69, 9.17) is 4.74 Å². The zero-order valence-electron chi connectivity index (χ0n) is 25.5. The van der Waals surface area contributed by atoms with Gasteiger partial charge in [0.1, 0.15) is 5.82 Å².